The second-order valence-corrected chi connectivity index (χ2v) is 6.51. The number of carbonyl (C=O) groups is 1. The van der Waals surface area contributed by atoms with Gasteiger partial charge < -0.3 is 0 Å². The van der Waals surface area contributed by atoms with Crippen LogP contribution in [0.25, 0.3) is 0 Å². The quantitative estimate of drug-likeness (QED) is 0.807. The summed E-state index contributed by atoms with van der Waals surface area (Å²) in [5.41, 5.74) is 0.302. The van der Waals surface area contributed by atoms with Crippen molar-refractivity contribution in [2.24, 2.45) is 0 Å². The van der Waals surface area contributed by atoms with Crippen molar-refractivity contribution in [3.05, 3.63) is 34.1 Å². The SMILES string of the molecule is CCC(C)(C(=O)Cc1cc(F)ccc1Br)N1CCCC1. The summed E-state index contributed by atoms with van der Waals surface area (Å²) in [5.74, 6) is -0.122. The van der Waals surface area contributed by atoms with Crippen molar-refractivity contribution in [3.63, 3.8) is 0 Å². The van der Waals surface area contributed by atoms with E-state index >= 15 is 0 Å². The average molecular weight is 342 g/mol. The highest BCUT2D eigenvalue weighted by molar-refractivity contribution is 9.10. The highest BCUT2D eigenvalue weighted by atomic mass is 79.9. The third-order valence-corrected chi connectivity index (χ3v) is 5.23. The molecule has 1 unspecified atom stereocenters. The predicted octanol–water partition coefficient (Wildman–Crippen LogP) is 3.96. The van der Waals surface area contributed by atoms with Gasteiger partial charge in [0.2, 0.25) is 0 Å². The van der Waals surface area contributed by atoms with Gasteiger partial charge in [-0.1, -0.05) is 22.9 Å². The molecular weight excluding hydrogens is 321 g/mol. The van der Waals surface area contributed by atoms with Crippen molar-refractivity contribution >= 4 is 21.7 Å². The van der Waals surface area contributed by atoms with Gasteiger partial charge in [0.1, 0.15) is 5.82 Å². The maximum atomic E-state index is 13.3. The Kier molecular flexibility index (Phi) is 4.97. The molecular formula is C16H21BrFNO. The Morgan fingerprint density at radius 1 is 1.40 bits per heavy atom. The second-order valence-electron chi connectivity index (χ2n) is 5.66. The molecule has 110 valence electrons. The van der Waals surface area contributed by atoms with Crippen LogP contribution >= 0.6 is 15.9 Å². The summed E-state index contributed by atoms with van der Waals surface area (Å²) in [7, 11) is 0. The number of carbonyl (C=O) groups excluding carboxylic acids is 1. The standard InChI is InChI=1S/C16H21BrFNO/c1-3-16(2,19-8-4-5-9-19)15(20)11-12-10-13(18)6-7-14(12)17/h6-7,10H,3-5,8-9,11H2,1-2H3. The van der Waals surface area contributed by atoms with Gasteiger partial charge in [-0.15, -0.1) is 0 Å². The molecule has 0 bridgehead atoms. The van der Waals surface area contributed by atoms with E-state index in [2.05, 4.69) is 27.8 Å². The van der Waals surface area contributed by atoms with Crippen LogP contribution in [0.2, 0.25) is 0 Å². The maximum Gasteiger partial charge on any atom is 0.157 e. The van der Waals surface area contributed by atoms with Crippen molar-refractivity contribution in [2.75, 3.05) is 13.1 Å². The van der Waals surface area contributed by atoms with E-state index in [0.717, 1.165) is 42.4 Å². The minimum atomic E-state index is -0.428. The Morgan fingerprint density at radius 3 is 2.65 bits per heavy atom. The van der Waals surface area contributed by atoms with Crippen LogP contribution in [0.4, 0.5) is 4.39 Å². The van der Waals surface area contributed by atoms with Gasteiger partial charge in [0.25, 0.3) is 0 Å². The molecule has 1 atom stereocenters. The van der Waals surface area contributed by atoms with E-state index in [-0.39, 0.29) is 18.0 Å². The summed E-state index contributed by atoms with van der Waals surface area (Å²) in [5, 5.41) is 0. The first kappa shape index (κ1) is 15.6. The number of Topliss-reactive ketones (excluding diaryl/α,β-unsaturated/α-hetero) is 1. The summed E-state index contributed by atoms with van der Waals surface area (Å²) >= 11 is 3.40. The molecule has 0 saturated carbocycles. The van der Waals surface area contributed by atoms with Crippen LogP contribution in [0.15, 0.2) is 22.7 Å². The van der Waals surface area contributed by atoms with E-state index < -0.39 is 5.54 Å². The summed E-state index contributed by atoms with van der Waals surface area (Å²) in [6.45, 7) is 6.05. The second kappa shape index (κ2) is 6.35. The fraction of sp³-hybridized carbons (Fsp3) is 0.562. The summed E-state index contributed by atoms with van der Waals surface area (Å²) in [6, 6.07) is 4.51. The zero-order valence-corrected chi connectivity index (χ0v) is 13.7. The summed E-state index contributed by atoms with van der Waals surface area (Å²) < 4.78 is 14.1. The van der Waals surface area contributed by atoms with Crippen molar-refractivity contribution in [1.29, 1.82) is 0 Å². The Hall–Kier alpha value is -0.740. The van der Waals surface area contributed by atoms with Crippen molar-refractivity contribution in [3.8, 4) is 0 Å². The zero-order chi connectivity index (χ0) is 14.8. The normalized spacial score (nSPS) is 19.0. The molecule has 20 heavy (non-hydrogen) atoms. The monoisotopic (exact) mass is 341 g/mol. The number of halogens is 2. The molecule has 0 radical (unpaired) electrons. The number of ketones is 1. The number of hydrogen-bond donors (Lipinski definition) is 0. The van der Waals surface area contributed by atoms with Crippen molar-refractivity contribution in [1.82, 2.24) is 4.90 Å². The van der Waals surface area contributed by atoms with Crippen LogP contribution in [0.1, 0.15) is 38.7 Å². The molecule has 1 aliphatic heterocycles. The van der Waals surface area contributed by atoms with E-state index in [1.165, 1.54) is 12.1 Å². The topological polar surface area (TPSA) is 20.3 Å². The zero-order valence-electron chi connectivity index (χ0n) is 12.1. The minimum absolute atomic E-state index is 0.174. The van der Waals surface area contributed by atoms with Crippen LogP contribution in [-0.4, -0.2) is 29.3 Å². The molecule has 1 aromatic carbocycles. The van der Waals surface area contributed by atoms with Gasteiger partial charge in [-0.3, -0.25) is 9.69 Å². The van der Waals surface area contributed by atoms with Crippen molar-refractivity contribution < 1.29 is 9.18 Å². The third-order valence-electron chi connectivity index (χ3n) is 4.45. The molecule has 1 heterocycles. The van der Waals surface area contributed by atoms with Gasteiger partial charge in [-0.05, 0) is 63.0 Å². The Labute approximate surface area is 128 Å². The smallest absolute Gasteiger partial charge is 0.157 e. The number of likely N-dealkylation sites (tertiary alicyclic amines) is 1. The third kappa shape index (κ3) is 3.12. The molecule has 1 fully saturated rings. The fourth-order valence-electron chi connectivity index (χ4n) is 2.85. The van der Waals surface area contributed by atoms with Gasteiger partial charge >= 0.3 is 0 Å². The lowest BCUT2D eigenvalue weighted by atomic mass is 9.87. The first-order valence-corrected chi connectivity index (χ1v) is 7.99. The van der Waals surface area contributed by atoms with Gasteiger partial charge in [-0.25, -0.2) is 4.39 Å². The molecule has 0 spiro atoms. The highest BCUT2D eigenvalue weighted by Gasteiger charge is 2.38. The number of rotatable bonds is 5. The molecule has 1 aromatic rings. The van der Waals surface area contributed by atoms with Gasteiger partial charge in [0.15, 0.2) is 5.78 Å². The average Bonchev–Trinajstić information content (AvgIpc) is 2.96. The van der Waals surface area contributed by atoms with E-state index in [9.17, 15) is 9.18 Å². The van der Waals surface area contributed by atoms with Crippen LogP contribution in [-0.2, 0) is 11.2 Å². The largest absolute Gasteiger partial charge is 0.297 e. The van der Waals surface area contributed by atoms with Crippen LogP contribution < -0.4 is 0 Å². The van der Waals surface area contributed by atoms with Gasteiger partial charge in [-0.2, -0.15) is 0 Å². The molecule has 1 aliphatic rings. The lowest BCUT2D eigenvalue weighted by molar-refractivity contribution is -0.129. The molecule has 4 heteroatoms. The van der Waals surface area contributed by atoms with Gasteiger partial charge in [0, 0.05) is 10.9 Å². The molecule has 1 saturated heterocycles. The van der Waals surface area contributed by atoms with Gasteiger partial charge in [0.05, 0.1) is 5.54 Å². The Morgan fingerprint density at radius 2 is 2.05 bits per heavy atom. The molecule has 0 amide bonds. The van der Waals surface area contributed by atoms with E-state index in [1.807, 2.05) is 6.92 Å². The van der Waals surface area contributed by atoms with E-state index in [0.29, 0.717) is 0 Å². The minimum Gasteiger partial charge on any atom is -0.297 e. The lowest BCUT2D eigenvalue weighted by Crippen LogP contribution is -2.51. The molecule has 0 N–H and O–H groups in total. The molecule has 2 rings (SSSR count). The van der Waals surface area contributed by atoms with Crippen LogP contribution in [0.3, 0.4) is 0 Å². The van der Waals surface area contributed by atoms with Crippen LogP contribution in [0, 0.1) is 5.82 Å². The predicted molar refractivity (Wildman–Crippen MR) is 82.3 cm³/mol. The molecule has 0 aromatic heterocycles. The van der Waals surface area contributed by atoms with E-state index in [1.54, 1.807) is 6.07 Å². The van der Waals surface area contributed by atoms with E-state index in [4.69, 9.17) is 0 Å². The van der Waals surface area contributed by atoms with Crippen molar-refractivity contribution in [2.45, 2.75) is 45.1 Å². The summed E-state index contributed by atoms with van der Waals surface area (Å²) in [4.78, 5) is 15.0. The first-order chi connectivity index (χ1) is 9.47. The molecule has 0 aliphatic carbocycles. The number of nitrogens with zero attached hydrogens (tertiary/aromatic N) is 1. The Bertz CT molecular complexity index is 499. The number of benzene rings is 1. The highest BCUT2D eigenvalue weighted by Crippen LogP contribution is 2.28. The van der Waals surface area contributed by atoms with Crippen LogP contribution in [0.5, 0.6) is 0 Å². The number of hydrogen-bond acceptors (Lipinski definition) is 2. The lowest BCUT2D eigenvalue weighted by Gasteiger charge is -2.36. The maximum absolute atomic E-state index is 13.3. The summed E-state index contributed by atoms with van der Waals surface area (Å²) in [6.07, 6.45) is 3.39. The Balaban J connectivity index is 2.18. The molecule has 2 nitrogen and oxygen atoms in total. The fourth-order valence-corrected chi connectivity index (χ4v) is 3.24. The first-order valence-electron chi connectivity index (χ1n) is 7.19.